The third-order valence-electron chi connectivity index (χ3n) is 4.94. The van der Waals surface area contributed by atoms with Crippen LogP contribution in [-0.4, -0.2) is 38.3 Å². The summed E-state index contributed by atoms with van der Waals surface area (Å²) in [6.07, 6.45) is 2.13. The van der Waals surface area contributed by atoms with E-state index in [1.165, 1.54) is 11.3 Å². The van der Waals surface area contributed by atoms with Gasteiger partial charge in [0, 0.05) is 30.4 Å². The summed E-state index contributed by atoms with van der Waals surface area (Å²) in [7, 11) is 1.97. The van der Waals surface area contributed by atoms with Gasteiger partial charge >= 0.3 is 0 Å². The highest BCUT2D eigenvalue weighted by Gasteiger charge is 2.35. The Bertz CT molecular complexity index is 748. The first-order chi connectivity index (χ1) is 11.4. The predicted octanol–water partition coefficient (Wildman–Crippen LogP) is 2.50. The number of anilines is 1. The molecule has 7 heteroatoms. The second-order valence-electron chi connectivity index (χ2n) is 6.60. The zero-order valence-corrected chi connectivity index (χ0v) is 15.0. The first-order valence-electron chi connectivity index (χ1n) is 8.38. The van der Waals surface area contributed by atoms with Crippen molar-refractivity contribution < 1.29 is 9.32 Å². The van der Waals surface area contributed by atoms with Gasteiger partial charge in [-0.3, -0.25) is 19.7 Å². The minimum atomic E-state index is -0.248. The van der Waals surface area contributed by atoms with Gasteiger partial charge < -0.3 is 4.52 Å². The van der Waals surface area contributed by atoms with Gasteiger partial charge in [-0.25, -0.2) is 0 Å². The monoisotopic (exact) mass is 331 g/mol. The molecule has 0 aromatic carbocycles. The van der Waals surface area contributed by atoms with Gasteiger partial charge in [-0.15, -0.1) is 0 Å². The Morgan fingerprint density at radius 3 is 2.75 bits per heavy atom. The summed E-state index contributed by atoms with van der Waals surface area (Å²) < 4.78 is 7.01. The largest absolute Gasteiger partial charge is 0.338 e. The van der Waals surface area contributed by atoms with E-state index >= 15 is 0 Å². The molecule has 2 aromatic heterocycles. The normalized spacial score (nSPS) is 19.6. The molecular weight excluding hydrogens is 306 g/mol. The molecule has 0 spiro atoms. The highest BCUT2D eigenvalue weighted by molar-refractivity contribution is 5.93. The van der Waals surface area contributed by atoms with E-state index in [2.05, 4.69) is 27.4 Å². The van der Waals surface area contributed by atoms with Crippen molar-refractivity contribution in [1.29, 1.82) is 0 Å². The minimum Gasteiger partial charge on any atom is -0.338 e. The van der Waals surface area contributed by atoms with Crippen LogP contribution < -0.4 is 5.32 Å². The number of amides is 1. The second-order valence-corrected chi connectivity index (χ2v) is 6.60. The van der Waals surface area contributed by atoms with E-state index in [-0.39, 0.29) is 18.0 Å². The molecule has 3 heterocycles. The zero-order valence-electron chi connectivity index (χ0n) is 15.0. The number of hydrogen-bond donors (Lipinski definition) is 1. The molecule has 1 amide bonds. The van der Waals surface area contributed by atoms with E-state index in [0.29, 0.717) is 5.88 Å². The molecule has 0 radical (unpaired) electrons. The van der Waals surface area contributed by atoms with Crippen LogP contribution in [0.15, 0.2) is 10.6 Å². The molecule has 1 saturated heterocycles. The third kappa shape index (κ3) is 2.96. The Balaban J connectivity index is 1.78. The molecular formula is C17H25N5O2. The lowest BCUT2D eigenvalue weighted by Crippen LogP contribution is -2.41. The fourth-order valence-electron chi connectivity index (χ4n) is 3.63. The number of carbonyl (C=O) groups is 1. The quantitative estimate of drug-likeness (QED) is 0.931. The van der Waals surface area contributed by atoms with Gasteiger partial charge in [0.1, 0.15) is 0 Å². The van der Waals surface area contributed by atoms with Gasteiger partial charge in [0.05, 0.1) is 17.4 Å². The highest BCUT2D eigenvalue weighted by atomic mass is 16.5. The van der Waals surface area contributed by atoms with E-state index in [1.54, 1.807) is 6.07 Å². The van der Waals surface area contributed by atoms with Crippen molar-refractivity contribution in [1.82, 2.24) is 19.8 Å². The fraction of sp³-hybridized carbons (Fsp3) is 0.588. The fourth-order valence-corrected chi connectivity index (χ4v) is 3.63. The zero-order chi connectivity index (χ0) is 17.4. The maximum Gasteiger partial charge on any atom is 0.243 e. The topological polar surface area (TPSA) is 76.2 Å². The molecule has 2 aromatic rings. The number of likely N-dealkylation sites (tertiary alicyclic amines) is 1. The SMILES string of the molecule is Cc1cc(NC(=O)[C@H](C)N2CCC[C@@H]2c2c(C)nn(C)c2C)on1. The number of nitrogens with zero attached hydrogens (tertiary/aromatic N) is 4. The van der Waals surface area contributed by atoms with Gasteiger partial charge in [-0.1, -0.05) is 5.16 Å². The lowest BCUT2D eigenvalue weighted by Gasteiger charge is -2.30. The van der Waals surface area contributed by atoms with Gasteiger partial charge in [-0.2, -0.15) is 5.10 Å². The van der Waals surface area contributed by atoms with Crippen molar-refractivity contribution in [2.75, 3.05) is 11.9 Å². The Morgan fingerprint density at radius 2 is 2.17 bits per heavy atom. The summed E-state index contributed by atoms with van der Waals surface area (Å²) in [6, 6.07) is 1.71. The summed E-state index contributed by atoms with van der Waals surface area (Å²) in [4.78, 5) is 14.9. The van der Waals surface area contributed by atoms with Gasteiger partial charge in [-0.05, 0) is 47.1 Å². The van der Waals surface area contributed by atoms with Crippen molar-refractivity contribution in [3.8, 4) is 0 Å². The smallest absolute Gasteiger partial charge is 0.243 e. The van der Waals surface area contributed by atoms with Crippen LogP contribution in [0.4, 0.5) is 5.88 Å². The number of rotatable bonds is 4. The third-order valence-corrected chi connectivity index (χ3v) is 4.94. The van der Waals surface area contributed by atoms with Crippen LogP contribution in [0.25, 0.3) is 0 Å². The lowest BCUT2D eigenvalue weighted by atomic mass is 10.0. The van der Waals surface area contributed by atoms with Crippen molar-refractivity contribution in [3.05, 3.63) is 28.7 Å². The number of carbonyl (C=O) groups excluding carboxylic acids is 1. The van der Waals surface area contributed by atoms with Crippen LogP contribution in [0.2, 0.25) is 0 Å². The molecule has 0 unspecified atom stereocenters. The number of aryl methyl sites for hydroxylation is 3. The van der Waals surface area contributed by atoms with E-state index < -0.39 is 0 Å². The van der Waals surface area contributed by atoms with E-state index in [1.807, 2.05) is 32.5 Å². The summed E-state index contributed by atoms with van der Waals surface area (Å²) in [5, 5.41) is 11.1. The Kier molecular flexibility index (Phi) is 4.45. The van der Waals surface area contributed by atoms with Crippen molar-refractivity contribution in [3.63, 3.8) is 0 Å². The van der Waals surface area contributed by atoms with Crippen LogP contribution in [0, 0.1) is 20.8 Å². The van der Waals surface area contributed by atoms with Crippen molar-refractivity contribution in [2.45, 2.75) is 52.6 Å². The average molecular weight is 331 g/mol. The number of nitrogens with one attached hydrogen (secondary N) is 1. The molecule has 1 N–H and O–H groups in total. The van der Waals surface area contributed by atoms with Crippen LogP contribution in [0.1, 0.15) is 48.5 Å². The Morgan fingerprint density at radius 1 is 1.42 bits per heavy atom. The van der Waals surface area contributed by atoms with Gasteiger partial charge in [0.25, 0.3) is 0 Å². The van der Waals surface area contributed by atoms with Crippen LogP contribution in [-0.2, 0) is 11.8 Å². The van der Waals surface area contributed by atoms with E-state index in [0.717, 1.165) is 30.8 Å². The molecule has 3 rings (SSSR count). The average Bonchev–Trinajstić information content (AvgIpc) is 3.20. The molecule has 0 saturated carbocycles. The Hall–Kier alpha value is -2.15. The molecule has 1 aliphatic heterocycles. The first kappa shape index (κ1) is 16.7. The predicted molar refractivity (Wildman–Crippen MR) is 90.7 cm³/mol. The molecule has 1 fully saturated rings. The summed E-state index contributed by atoms with van der Waals surface area (Å²) in [6.45, 7) is 8.81. The molecule has 24 heavy (non-hydrogen) atoms. The lowest BCUT2D eigenvalue weighted by molar-refractivity contribution is -0.121. The van der Waals surface area contributed by atoms with Crippen LogP contribution >= 0.6 is 0 Å². The van der Waals surface area contributed by atoms with Gasteiger partial charge in [0.15, 0.2) is 0 Å². The van der Waals surface area contributed by atoms with Crippen molar-refractivity contribution in [2.24, 2.45) is 7.05 Å². The minimum absolute atomic E-state index is 0.0720. The van der Waals surface area contributed by atoms with E-state index in [4.69, 9.17) is 4.52 Å². The maximum absolute atomic E-state index is 12.6. The maximum atomic E-state index is 12.6. The van der Waals surface area contributed by atoms with E-state index in [9.17, 15) is 4.79 Å². The molecule has 1 aliphatic rings. The molecule has 7 nitrogen and oxygen atoms in total. The molecule has 0 aliphatic carbocycles. The standard InChI is InChI=1S/C17H25N5O2/c1-10-9-15(24-20-10)18-17(23)13(4)22-8-6-7-14(22)16-11(2)19-21(5)12(16)3/h9,13-14H,6-8H2,1-5H3,(H,18,23)/t13-,14+/m0/s1. The highest BCUT2D eigenvalue weighted by Crippen LogP contribution is 2.36. The van der Waals surface area contributed by atoms with Crippen molar-refractivity contribution >= 4 is 11.8 Å². The molecule has 130 valence electrons. The summed E-state index contributed by atoms with van der Waals surface area (Å²) >= 11 is 0. The van der Waals surface area contributed by atoms with Gasteiger partial charge in [0.2, 0.25) is 11.8 Å². The molecule has 0 bridgehead atoms. The number of aromatic nitrogens is 3. The summed E-state index contributed by atoms with van der Waals surface area (Å²) in [5.74, 6) is 0.325. The van der Waals surface area contributed by atoms with Crippen LogP contribution in [0.5, 0.6) is 0 Å². The Labute approximate surface area is 142 Å². The number of hydrogen-bond acceptors (Lipinski definition) is 5. The second kappa shape index (κ2) is 6.39. The molecule has 2 atom stereocenters. The summed E-state index contributed by atoms with van der Waals surface area (Å²) in [5.41, 5.74) is 4.22. The first-order valence-corrected chi connectivity index (χ1v) is 8.38. The van der Waals surface area contributed by atoms with Crippen LogP contribution in [0.3, 0.4) is 0 Å².